The molecule has 2 aliphatic rings. The number of carbonyl (C=O) groups is 4. The van der Waals surface area contributed by atoms with E-state index in [2.05, 4.69) is 20.4 Å². The molecule has 2 atom stereocenters. The molecule has 8 N–H and O–H groups in total. The fraction of sp³-hybridized carbons (Fsp3) is 0.391. The number of nitrogen functional groups attached to an aromatic ring is 3. The number of carbonyl (C=O) groups excluding carboxylic acids is 3. The molecule has 2 unspecified atom stereocenters. The zero-order valence-electron chi connectivity index (χ0n) is 22.5. The molecule has 0 aromatic carbocycles. The smallest absolute Gasteiger partial charge is 0.350 e. The first-order valence-corrected chi connectivity index (χ1v) is 15.1. The molecule has 1 fully saturated rings. The Morgan fingerprint density at radius 3 is 2.67 bits per heavy atom. The second-order valence-electron chi connectivity index (χ2n) is 9.43. The van der Waals surface area contributed by atoms with Gasteiger partial charge < -0.3 is 42.4 Å². The molecule has 0 bridgehead atoms. The molecular weight excluding hydrogens is 611 g/mol. The summed E-state index contributed by atoms with van der Waals surface area (Å²) in [6.07, 6.45) is 1.26. The number of thioether (sulfide) groups is 2. The quantitative estimate of drug-likeness (QED) is 0.0463. The highest BCUT2D eigenvalue weighted by molar-refractivity contribution is 8.01. The molecule has 4 heterocycles. The molecule has 2 aromatic heterocycles. The number of carboxylic acids is 2. The summed E-state index contributed by atoms with van der Waals surface area (Å²) in [5, 5.41) is 27.6. The third kappa shape index (κ3) is 6.07. The number of aromatic nitrogens is 3. The highest BCUT2D eigenvalue weighted by Gasteiger charge is 2.53. The predicted molar refractivity (Wildman–Crippen MR) is 153 cm³/mol. The number of β-lactam (4-membered cyclic amide) rings is 1. The number of hydrogen-bond acceptors (Lipinski definition) is 15. The number of amides is 2. The van der Waals surface area contributed by atoms with Crippen molar-refractivity contribution in [3.05, 3.63) is 28.4 Å². The summed E-state index contributed by atoms with van der Waals surface area (Å²) >= 11 is 3.37. The lowest BCUT2D eigenvalue weighted by molar-refractivity contribution is -0.719. The average molecular weight is 638 g/mol. The number of hydrogen-bond donors (Lipinski definition) is 5. The predicted octanol–water partition coefficient (Wildman–Crippen LogP) is -1.63. The maximum absolute atomic E-state index is 13.2. The zero-order chi connectivity index (χ0) is 30.9. The van der Waals surface area contributed by atoms with Crippen LogP contribution in [0.1, 0.15) is 25.6 Å². The number of oxime groups is 1. The summed E-state index contributed by atoms with van der Waals surface area (Å²) in [6.45, 7) is 4.86. The minimum Gasteiger partial charge on any atom is -0.543 e. The van der Waals surface area contributed by atoms with Crippen LogP contribution in [0.25, 0.3) is 0 Å². The lowest BCUT2D eigenvalue weighted by Gasteiger charge is -2.50. The number of nitrogens with zero attached hydrogens (tertiary/aromatic N) is 5. The van der Waals surface area contributed by atoms with Crippen molar-refractivity contribution in [2.45, 2.75) is 49.5 Å². The van der Waals surface area contributed by atoms with Crippen molar-refractivity contribution in [2.75, 3.05) is 28.7 Å². The third-order valence-corrected chi connectivity index (χ3v) is 9.37. The van der Waals surface area contributed by atoms with Crippen LogP contribution in [0.5, 0.6) is 0 Å². The maximum atomic E-state index is 13.2. The van der Waals surface area contributed by atoms with Crippen LogP contribution in [0.15, 0.2) is 33.8 Å². The number of aliphatic carboxylic acids is 2. The highest BCUT2D eigenvalue weighted by atomic mass is 32.2. The number of nitrogens with one attached hydrogen (secondary N) is 1. The van der Waals surface area contributed by atoms with Gasteiger partial charge in [-0.05, 0) is 38.1 Å². The van der Waals surface area contributed by atoms with E-state index in [1.807, 2.05) is 6.92 Å². The van der Waals surface area contributed by atoms with Gasteiger partial charge in [0, 0.05) is 17.7 Å². The lowest BCUT2D eigenvalue weighted by Crippen LogP contribution is -2.71. The van der Waals surface area contributed by atoms with Crippen molar-refractivity contribution in [2.24, 2.45) is 5.16 Å². The standard InChI is InChI=1S/C23H27N9O7S3/c1-4-31-12(25)5-11(24)28-22(31)41-8-9-7-40-18-14(17(34)32(18)15(9)19(35)36)29-16(33)13(10-6-27-21(26)42-10)30-39-23(2,3)20(37)38/h5-6,14,18H,4,7-8H2,1-3H3,(H8,24,25,26,27,29,30,33,35,36,37,38). The van der Waals surface area contributed by atoms with Crippen molar-refractivity contribution in [3.8, 4) is 0 Å². The van der Waals surface area contributed by atoms with Gasteiger partial charge in [-0.15, -0.1) is 11.8 Å². The van der Waals surface area contributed by atoms with E-state index < -0.39 is 40.8 Å². The second-order valence-corrected chi connectivity index (χ2v) is 12.5. The van der Waals surface area contributed by atoms with Crippen LogP contribution in [0.3, 0.4) is 0 Å². The molecule has 2 aromatic rings. The molecule has 224 valence electrons. The fourth-order valence-corrected chi connectivity index (χ4v) is 7.15. The Morgan fingerprint density at radius 1 is 1.36 bits per heavy atom. The molecule has 16 nitrogen and oxygen atoms in total. The lowest BCUT2D eigenvalue weighted by atomic mass is 10.0. The molecule has 0 aliphatic carbocycles. The van der Waals surface area contributed by atoms with Gasteiger partial charge in [-0.25, -0.2) is 14.3 Å². The molecule has 4 rings (SSSR count). The Morgan fingerprint density at radius 2 is 2.07 bits per heavy atom. The summed E-state index contributed by atoms with van der Waals surface area (Å²) in [7, 11) is 0. The highest BCUT2D eigenvalue weighted by Crippen LogP contribution is 2.41. The van der Waals surface area contributed by atoms with Crippen LogP contribution >= 0.6 is 34.9 Å². The monoisotopic (exact) mass is 637 g/mol. The molecule has 2 amide bonds. The Kier molecular flexibility index (Phi) is 8.83. The van der Waals surface area contributed by atoms with Gasteiger partial charge >= 0.3 is 11.1 Å². The van der Waals surface area contributed by atoms with Crippen molar-refractivity contribution in [1.82, 2.24) is 20.2 Å². The maximum Gasteiger partial charge on any atom is 0.350 e. The van der Waals surface area contributed by atoms with Crippen LogP contribution in [0, 0.1) is 0 Å². The first kappa shape index (κ1) is 30.8. The number of rotatable bonds is 11. The Bertz CT molecular complexity index is 1520. The van der Waals surface area contributed by atoms with Gasteiger partial charge in [-0.2, -0.15) is 0 Å². The number of thiazole rings is 1. The van der Waals surface area contributed by atoms with Gasteiger partial charge in [0.1, 0.15) is 11.4 Å². The second kappa shape index (κ2) is 12.0. The van der Waals surface area contributed by atoms with Crippen molar-refractivity contribution in [1.29, 1.82) is 0 Å². The first-order chi connectivity index (χ1) is 19.7. The van der Waals surface area contributed by atoms with Crippen LogP contribution in [-0.2, 0) is 30.6 Å². The molecular formula is C23H27N9O7S3. The van der Waals surface area contributed by atoms with Crippen molar-refractivity contribution >= 4 is 81.1 Å². The first-order valence-electron chi connectivity index (χ1n) is 12.2. The number of nitrogens with two attached hydrogens (primary N) is 3. The normalized spacial score (nSPS) is 18.8. The molecule has 0 radical (unpaired) electrons. The van der Waals surface area contributed by atoms with Gasteiger partial charge in [0.15, 0.2) is 10.8 Å². The van der Waals surface area contributed by atoms with Crippen LogP contribution < -0.4 is 32.2 Å². The van der Waals surface area contributed by atoms with Gasteiger partial charge in [-0.3, -0.25) is 14.5 Å². The van der Waals surface area contributed by atoms with E-state index in [4.69, 9.17) is 22.0 Å². The van der Waals surface area contributed by atoms with Crippen LogP contribution in [0.4, 0.5) is 16.8 Å². The molecule has 42 heavy (non-hydrogen) atoms. The summed E-state index contributed by atoms with van der Waals surface area (Å²) in [6, 6.07) is 0.416. The molecule has 1 saturated heterocycles. The Balaban J connectivity index is 1.54. The van der Waals surface area contributed by atoms with E-state index in [1.54, 1.807) is 4.57 Å². The molecule has 19 heteroatoms. The van der Waals surface area contributed by atoms with E-state index in [0.717, 1.165) is 16.2 Å². The largest absolute Gasteiger partial charge is 0.543 e. The Hall–Kier alpha value is -4.10. The molecule has 0 spiro atoms. The van der Waals surface area contributed by atoms with Crippen molar-refractivity contribution < 1.29 is 38.8 Å². The SMILES string of the molecule is CC[n+]1c(N)cc(N)nc1SCC1=C(C(=O)[O-])N2C(=O)C(NC(=O)/C(=N\OC(C)(C)C(=O)O)c3cnc(N)s3)C2SC1. The average Bonchev–Trinajstić information content (AvgIpc) is 3.35. The van der Waals surface area contributed by atoms with E-state index in [1.165, 1.54) is 49.6 Å². The van der Waals surface area contributed by atoms with E-state index in [9.17, 15) is 29.4 Å². The van der Waals surface area contributed by atoms with Gasteiger partial charge in [0.2, 0.25) is 17.2 Å². The number of carboxylic acid groups (broad SMARTS) is 2. The zero-order valence-corrected chi connectivity index (χ0v) is 25.0. The summed E-state index contributed by atoms with van der Waals surface area (Å²) in [4.78, 5) is 64.5. The minimum atomic E-state index is -1.77. The van der Waals surface area contributed by atoms with Gasteiger partial charge in [-0.1, -0.05) is 21.5 Å². The fourth-order valence-electron chi connectivity index (χ4n) is 3.91. The third-order valence-electron chi connectivity index (χ3n) is 6.13. The van der Waals surface area contributed by atoms with E-state index in [0.29, 0.717) is 23.1 Å². The van der Waals surface area contributed by atoms with Crippen LogP contribution in [-0.4, -0.2) is 78.0 Å². The Labute approximate surface area is 251 Å². The number of fused-ring (bicyclic) bond motifs is 1. The summed E-state index contributed by atoms with van der Waals surface area (Å²) in [5.41, 5.74) is 15.6. The van der Waals surface area contributed by atoms with Gasteiger partial charge in [0.25, 0.3) is 11.8 Å². The molecule has 2 aliphatic heterocycles. The molecule has 0 saturated carbocycles. The minimum absolute atomic E-state index is 0.117. The number of anilines is 3. The van der Waals surface area contributed by atoms with E-state index >= 15 is 0 Å². The van der Waals surface area contributed by atoms with Crippen LogP contribution in [0.2, 0.25) is 0 Å². The van der Waals surface area contributed by atoms with Gasteiger partial charge in [0.05, 0.1) is 29.2 Å². The summed E-state index contributed by atoms with van der Waals surface area (Å²) in [5.74, 6) is -3.40. The van der Waals surface area contributed by atoms with Crippen molar-refractivity contribution in [3.63, 3.8) is 0 Å². The topological polar surface area (TPSA) is 256 Å². The van der Waals surface area contributed by atoms with E-state index in [-0.39, 0.29) is 38.7 Å². The summed E-state index contributed by atoms with van der Waals surface area (Å²) < 4.78 is 1.72.